The molecular weight excluding hydrogens is 224 g/mol. The van der Waals surface area contributed by atoms with Crippen LogP contribution in [0.1, 0.15) is 11.3 Å². The molecule has 0 atom stereocenters. The number of methoxy groups -OCH3 is 1. The van der Waals surface area contributed by atoms with Crippen molar-refractivity contribution in [3.05, 3.63) is 47.8 Å². The van der Waals surface area contributed by atoms with Crippen molar-refractivity contribution in [1.29, 1.82) is 0 Å². The van der Waals surface area contributed by atoms with Crippen LogP contribution in [0.3, 0.4) is 0 Å². The quantitative estimate of drug-likeness (QED) is 0.895. The first-order valence-corrected chi connectivity index (χ1v) is 5.99. The Labute approximate surface area is 108 Å². The zero-order valence-corrected chi connectivity index (χ0v) is 11.0. The Morgan fingerprint density at radius 3 is 2.56 bits per heavy atom. The zero-order chi connectivity index (χ0) is 13.0. The predicted octanol–water partition coefficient (Wildman–Crippen LogP) is 2.79. The Kier molecular flexibility index (Phi) is 3.95. The van der Waals surface area contributed by atoms with Gasteiger partial charge in [0.25, 0.3) is 0 Å². The highest BCUT2D eigenvalue weighted by Gasteiger charge is 2.05. The van der Waals surface area contributed by atoms with Gasteiger partial charge in [-0.1, -0.05) is 12.1 Å². The standard InChI is InChI=1S/C15H18N2O/c1-11-4-5-13(10-17-11)12-6-7-15(18-3)14(8-12)9-16-2/h4-8,10,16H,9H2,1-3H3. The molecule has 0 radical (unpaired) electrons. The average molecular weight is 242 g/mol. The van der Waals surface area contributed by atoms with Gasteiger partial charge in [0.15, 0.2) is 0 Å². The van der Waals surface area contributed by atoms with Gasteiger partial charge in [-0.2, -0.15) is 0 Å². The summed E-state index contributed by atoms with van der Waals surface area (Å²) < 4.78 is 5.35. The molecule has 0 saturated heterocycles. The highest BCUT2D eigenvalue weighted by atomic mass is 16.5. The molecule has 0 unspecified atom stereocenters. The number of hydrogen-bond acceptors (Lipinski definition) is 3. The lowest BCUT2D eigenvalue weighted by molar-refractivity contribution is 0.408. The molecule has 0 spiro atoms. The van der Waals surface area contributed by atoms with Crippen LogP contribution in [0.25, 0.3) is 11.1 Å². The SMILES string of the molecule is CNCc1cc(-c2ccc(C)nc2)ccc1OC. The third-order valence-corrected chi connectivity index (χ3v) is 2.89. The summed E-state index contributed by atoms with van der Waals surface area (Å²) in [7, 11) is 3.63. The van der Waals surface area contributed by atoms with Gasteiger partial charge in [-0.15, -0.1) is 0 Å². The van der Waals surface area contributed by atoms with E-state index in [1.54, 1.807) is 7.11 Å². The molecule has 0 saturated carbocycles. The van der Waals surface area contributed by atoms with Gasteiger partial charge in [0, 0.05) is 29.6 Å². The van der Waals surface area contributed by atoms with Gasteiger partial charge >= 0.3 is 0 Å². The largest absolute Gasteiger partial charge is 0.496 e. The first-order valence-electron chi connectivity index (χ1n) is 5.99. The summed E-state index contributed by atoms with van der Waals surface area (Å²) in [5.41, 5.74) is 4.47. The second-order valence-electron chi connectivity index (χ2n) is 4.25. The van der Waals surface area contributed by atoms with E-state index in [1.165, 1.54) is 0 Å². The maximum atomic E-state index is 5.35. The molecule has 0 bridgehead atoms. The van der Waals surface area contributed by atoms with E-state index in [-0.39, 0.29) is 0 Å². The number of pyridine rings is 1. The monoisotopic (exact) mass is 242 g/mol. The van der Waals surface area contributed by atoms with Crippen molar-refractivity contribution in [2.45, 2.75) is 13.5 Å². The summed E-state index contributed by atoms with van der Waals surface area (Å²) >= 11 is 0. The molecular formula is C15H18N2O. The Hall–Kier alpha value is -1.87. The third-order valence-electron chi connectivity index (χ3n) is 2.89. The molecule has 1 heterocycles. The Morgan fingerprint density at radius 1 is 1.17 bits per heavy atom. The molecule has 3 nitrogen and oxygen atoms in total. The van der Waals surface area contributed by atoms with Crippen molar-refractivity contribution in [2.24, 2.45) is 0 Å². The van der Waals surface area contributed by atoms with Crippen LogP contribution in [0.4, 0.5) is 0 Å². The second-order valence-corrected chi connectivity index (χ2v) is 4.25. The lowest BCUT2D eigenvalue weighted by Gasteiger charge is -2.10. The van der Waals surface area contributed by atoms with Crippen LogP contribution in [0.5, 0.6) is 5.75 Å². The number of hydrogen-bond donors (Lipinski definition) is 1. The topological polar surface area (TPSA) is 34.2 Å². The van der Waals surface area contributed by atoms with Gasteiger partial charge in [0.05, 0.1) is 7.11 Å². The number of aromatic nitrogens is 1. The Bertz CT molecular complexity index is 521. The van der Waals surface area contributed by atoms with Crippen molar-refractivity contribution >= 4 is 0 Å². The molecule has 0 aliphatic heterocycles. The fourth-order valence-corrected chi connectivity index (χ4v) is 1.93. The van der Waals surface area contributed by atoms with Crippen molar-refractivity contribution in [2.75, 3.05) is 14.2 Å². The van der Waals surface area contributed by atoms with Crippen LogP contribution in [-0.4, -0.2) is 19.1 Å². The van der Waals surface area contributed by atoms with Crippen LogP contribution in [0.15, 0.2) is 36.5 Å². The molecule has 94 valence electrons. The summed E-state index contributed by atoms with van der Waals surface area (Å²) in [5.74, 6) is 0.910. The maximum Gasteiger partial charge on any atom is 0.123 e. The van der Waals surface area contributed by atoms with Crippen LogP contribution in [0, 0.1) is 6.92 Å². The van der Waals surface area contributed by atoms with E-state index in [1.807, 2.05) is 32.3 Å². The van der Waals surface area contributed by atoms with Crippen LogP contribution < -0.4 is 10.1 Å². The summed E-state index contributed by atoms with van der Waals surface area (Å²) in [5, 5.41) is 3.15. The van der Waals surface area contributed by atoms with Crippen molar-refractivity contribution in [1.82, 2.24) is 10.3 Å². The molecule has 0 amide bonds. The molecule has 2 rings (SSSR count). The summed E-state index contributed by atoms with van der Waals surface area (Å²) in [4.78, 5) is 4.33. The molecule has 1 N–H and O–H groups in total. The summed E-state index contributed by atoms with van der Waals surface area (Å²) in [6, 6.07) is 10.3. The Balaban J connectivity index is 2.39. The number of ether oxygens (including phenoxy) is 1. The Morgan fingerprint density at radius 2 is 1.94 bits per heavy atom. The highest BCUT2D eigenvalue weighted by molar-refractivity contribution is 5.65. The summed E-state index contributed by atoms with van der Waals surface area (Å²) in [6.07, 6.45) is 1.90. The number of nitrogens with one attached hydrogen (secondary N) is 1. The molecule has 3 heteroatoms. The fourth-order valence-electron chi connectivity index (χ4n) is 1.93. The normalized spacial score (nSPS) is 10.4. The van der Waals surface area contributed by atoms with E-state index in [2.05, 4.69) is 28.5 Å². The molecule has 0 fully saturated rings. The van der Waals surface area contributed by atoms with E-state index in [4.69, 9.17) is 4.74 Å². The minimum absolute atomic E-state index is 0.788. The van der Waals surface area contributed by atoms with Gasteiger partial charge in [-0.25, -0.2) is 0 Å². The first kappa shape index (κ1) is 12.6. The number of benzene rings is 1. The molecule has 1 aromatic heterocycles. The van der Waals surface area contributed by atoms with Crippen molar-refractivity contribution < 1.29 is 4.74 Å². The second kappa shape index (κ2) is 5.65. The minimum atomic E-state index is 0.788. The van der Waals surface area contributed by atoms with E-state index in [0.29, 0.717) is 0 Å². The van der Waals surface area contributed by atoms with E-state index in [9.17, 15) is 0 Å². The van der Waals surface area contributed by atoms with Crippen LogP contribution >= 0.6 is 0 Å². The molecule has 18 heavy (non-hydrogen) atoms. The number of nitrogens with zero attached hydrogens (tertiary/aromatic N) is 1. The van der Waals surface area contributed by atoms with Crippen LogP contribution in [0.2, 0.25) is 0 Å². The molecule has 0 aliphatic rings. The lowest BCUT2D eigenvalue weighted by Crippen LogP contribution is -2.06. The number of rotatable bonds is 4. The van der Waals surface area contributed by atoms with Gasteiger partial charge in [0.2, 0.25) is 0 Å². The van der Waals surface area contributed by atoms with E-state index in [0.717, 1.165) is 34.7 Å². The third kappa shape index (κ3) is 2.68. The smallest absolute Gasteiger partial charge is 0.123 e. The van der Waals surface area contributed by atoms with Gasteiger partial charge in [-0.05, 0) is 37.7 Å². The van der Waals surface area contributed by atoms with Gasteiger partial charge in [0.1, 0.15) is 5.75 Å². The van der Waals surface area contributed by atoms with Crippen LogP contribution in [-0.2, 0) is 6.54 Å². The van der Waals surface area contributed by atoms with Crippen molar-refractivity contribution in [3.8, 4) is 16.9 Å². The number of aryl methyl sites for hydroxylation is 1. The van der Waals surface area contributed by atoms with Gasteiger partial charge < -0.3 is 10.1 Å². The van der Waals surface area contributed by atoms with Gasteiger partial charge in [-0.3, -0.25) is 4.98 Å². The zero-order valence-electron chi connectivity index (χ0n) is 11.0. The highest BCUT2D eigenvalue weighted by Crippen LogP contribution is 2.26. The fraction of sp³-hybridized carbons (Fsp3) is 0.267. The van der Waals surface area contributed by atoms with Crippen molar-refractivity contribution in [3.63, 3.8) is 0 Å². The predicted molar refractivity (Wildman–Crippen MR) is 73.7 cm³/mol. The average Bonchev–Trinajstić information content (AvgIpc) is 2.40. The minimum Gasteiger partial charge on any atom is -0.496 e. The molecule has 2 aromatic rings. The maximum absolute atomic E-state index is 5.35. The van der Waals surface area contributed by atoms with E-state index >= 15 is 0 Å². The lowest BCUT2D eigenvalue weighted by atomic mass is 10.0. The van der Waals surface area contributed by atoms with E-state index < -0.39 is 0 Å². The first-order chi connectivity index (χ1) is 8.74. The molecule has 1 aromatic carbocycles. The molecule has 0 aliphatic carbocycles. The summed E-state index contributed by atoms with van der Waals surface area (Å²) in [6.45, 7) is 2.78.